The predicted molar refractivity (Wildman–Crippen MR) is 133 cm³/mol. The molecule has 2 aromatic carbocycles. The van der Waals surface area contributed by atoms with Crippen molar-refractivity contribution in [2.75, 3.05) is 16.9 Å². The highest BCUT2D eigenvalue weighted by atomic mass is 35.5. The number of thioether (sulfide) groups is 1. The Labute approximate surface area is 214 Å². The minimum atomic E-state index is -1.37. The highest BCUT2D eigenvalue weighted by Gasteiger charge is 2.37. The molecule has 0 unspecified atom stereocenters. The van der Waals surface area contributed by atoms with E-state index in [1.807, 2.05) is 0 Å². The maximum Gasteiger partial charge on any atom is 0.327 e. The van der Waals surface area contributed by atoms with E-state index in [1.54, 1.807) is 24.3 Å². The van der Waals surface area contributed by atoms with Crippen LogP contribution in [-0.4, -0.2) is 57.4 Å². The number of benzene rings is 2. The molecule has 1 aliphatic rings. The van der Waals surface area contributed by atoms with Gasteiger partial charge in [0, 0.05) is 35.7 Å². The number of carboxylic acid groups (broad SMARTS) is 1. The van der Waals surface area contributed by atoms with Crippen LogP contribution in [0.25, 0.3) is 0 Å². The van der Waals surface area contributed by atoms with Crippen molar-refractivity contribution in [3.05, 3.63) is 62.6 Å². The van der Waals surface area contributed by atoms with Gasteiger partial charge in [-0.1, -0.05) is 46.9 Å². The van der Waals surface area contributed by atoms with E-state index in [4.69, 9.17) is 34.8 Å². The van der Waals surface area contributed by atoms with E-state index >= 15 is 0 Å². The van der Waals surface area contributed by atoms with Gasteiger partial charge in [-0.15, -0.1) is 11.8 Å². The summed E-state index contributed by atoms with van der Waals surface area (Å²) < 4.78 is 0. The quantitative estimate of drug-likeness (QED) is 0.484. The van der Waals surface area contributed by atoms with Crippen LogP contribution in [0.5, 0.6) is 0 Å². The lowest BCUT2D eigenvalue weighted by atomic mass is 10.0. The first-order valence-corrected chi connectivity index (χ1v) is 12.3. The summed E-state index contributed by atoms with van der Waals surface area (Å²) in [5.41, 5.74) is 1.03. The molecule has 3 rings (SSSR count). The Morgan fingerprint density at radius 2 is 1.76 bits per heavy atom. The van der Waals surface area contributed by atoms with E-state index in [-0.39, 0.29) is 22.0 Å². The molecule has 180 valence electrons. The molecule has 2 atom stereocenters. The summed E-state index contributed by atoms with van der Waals surface area (Å²) in [5, 5.41) is 15.9. The summed E-state index contributed by atoms with van der Waals surface area (Å²) >= 11 is 19.5. The molecule has 1 heterocycles. The minimum Gasteiger partial charge on any atom is -0.480 e. The molecule has 8 nitrogen and oxygen atoms in total. The van der Waals surface area contributed by atoms with Gasteiger partial charge in [-0.05, 0) is 29.8 Å². The number of carboxylic acids is 1. The Morgan fingerprint density at radius 3 is 2.26 bits per heavy atom. The second-order valence-corrected chi connectivity index (χ2v) is 9.73. The lowest BCUT2D eigenvalue weighted by Crippen LogP contribution is -2.54. The van der Waals surface area contributed by atoms with Crippen LogP contribution in [0.2, 0.25) is 15.1 Å². The van der Waals surface area contributed by atoms with Crippen molar-refractivity contribution in [1.29, 1.82) is 0 Å². The monoisotopic (exact) mass is 543 g/mol. The second kappa shape index (κ2) is 11.4. The summed E-state index contributed by atoms with van der Waals surface area (Å²) in [5.74, 6) is -2.02. The maximum absolute atomic E-state index is 12.8. The van der Waals surface area contributed by atoms with Gasteiger partial charge in [0.05, 0.1) is 21.7 Å². The van der Waals surface area contributed by atoms with Crippen molar-refractivity contribution in [2.45, 2.75) is 25.4 Å². The lowest BCUT2D eigenvalue weighted by Gasteiger charge is -2.28. The van der Waals surface area contributed by atoms with Crippen molar-refractivity contribution in [3.8, 4) is 0 Å². The molecule has 1 saturated heterocycles. The van der Waals surface area contributed by atoms with Crippen LogP contribution in [-0.2, 0) is 20.8 Å². The smallest absolute Gasteiger partial charge is 0.327 e. The van der Waals surface area contributed by atoms with E-state index < -0.39 is 35.8 Å². The van der Waals surface area contributed by atoms with Crippen LogP contribution >= 0.6 is 46.6 Å². The highest BCUT2D eigenvalue weighted by Crippen LogP contribution is 2.29. The van der Waals surface area contributed by atoms with E-state index in [9.17, 15) is 24.3 Å². The van der Waals surface area contributed by atoms with E-state index in [1.165, 1.54) is 30.8 Å². The molecule has 34 heavy (non-hydrogen) atoms. The zero-order valence-electron chi connectivity index (χ0n) is 17.8. The highest BCUT2D eigenvalue weighted by molar-refractivity contribution is 7.99. The van der Waals surface area contributed by atoms with Gasteiger partial charge in [0.2, 0.25) is 11.8 Å². The number of hydrogen-bond donors (Lipinski definition) is 3. The third kappa shape index (κ3) is 6.22. The van der Waals surface area contributed by atoms with Crippen molar-refractivity contribution in [3.63, 3.8) is 0 Å². The number of carbonyl (C=O) groups excluding carboxylic acids is 3. The van der Waals surface area contributed by atoms with Crippen LogP contribution in [0.3, 0.4) is 0 Å². The first-order valence-electron chi connectivity index (χ1n) is 10.0. The Hall–Kier alpha value is -2.30. The van der Waals surface area contributed by atoms with Gasteiger partial charge in [0.25, 0.3) is 5.91 Å². The summed E-state index contributed by atoms with van der Waals surface area (Å²) in [6, 6.07) is 7.16. The largest absolute Gasteiger partial charge is 0.480 e. The predicted octanol–water partition coefficient (Wildman–Crippen LogP) is 3.93. The third-order valence-corrected chi connectivity index (χ3v) is 6.82. The van der Waals surface area contributed by atoms with Gasteiger partial charge >= 0.3 is 5.97 Å². The van der Waals surface area contributed by atoms with Gasteiger partial charge in [0.15, 0.2) is 0 Å². The van der Waals surface area contributed by atoms with E-state index in [0.717, 1.165) is 4.90 Å². The van der Waals surface area contributed by atoms with Gasteiger partial charge < -0.3 is 10.4 Å². The van der Waals surface area contributed by atoms with E-state index in [0.29, 0.717) is 27.9 Å². The second-order valence-electron chi connectivity index (χ2n) is 7.45. The molecule has 0 spiro atoms. The fraction of sp³-hybridized carbons (Fsp3) is 0.273. The summed E-state index contributed by atoms with van der Waals surface area (Å²) in [4.78, 5) is 50.3. The molecule has 0 saturated carbocycles. The van der Waals surface area contributed by atoms with Gasteiger partial charge in [-0.2, -0.15) is 0 Å². The summed E-state index contributed by atoms with van der Waals surface area (Å²) in [6.07, 6.45) is -0.0937. The number of rotatable bonds is 7. The Kier molecular flexibility index (Phi) is 8.83. The Balaban J connectivity index is 1.75. The first kappa shape index (κ1) is 26.3. The van der Waals surface area contributed by atoms with Crippen molar-refractivity contribution < 1.29 is 24.3 Å². The molecular weight excluding hydrogens is 525 g/mol. The van der Waals surface area contributed by atoms with Gasteiger partial charge in [-0.25, -0.2) is 4.79 Å². The Bertz CT molecular complexity index is 1100. The fourth-order valence-electron chi connectivity index (χ4n) is 3.44. The van der Waals surface area contributed by atoms with Crippen molar-refractivity contribution in [2.24, 2.45) is 0 Å². The molecule has 0 radical (unpaired) electrons. The molecule has 1 aliphatic heterocycles. The zero-order chi connectivity index (χ0) is 25.0. The molecule has 1 fully saturated rings. The number of anilines is 1. The topological polar surface area (TPSA) is 116 Å². The number of carbonyl (C=O) groups is 4. The summed E-state index contributed by atoms with van der Waals surface area (Å²) in [7, 11) is 0. The van der Waals surface area contributed by atoms with Gasteiger partial charge in [0.1, 0.15) is 6.04 Å². The van der Waals surface area contributed by atoms with Crippen LogP contribution in [0.15, 0.2) is 36.4 Å². The van der Waals surface area contributed by atoms with Crippen LogP contribution in [0.1, 0.15) is 22.8 Å². The molecule has 12 heteroatoms. The van der Waals surface area contributed by atoms with Gasteiger partial charge in [-0.3, -0.25) is 24.6 Å². The molecule has 0 aliphatic carbocycles. The van der Waals surface area contributed by atoms with Crippen LogP contribution < -0.4 is 10.6 Å². The molecule has 0 aromatic heterocycles. The normalized spacial score (nSPS) is 16.1. The minimum absolute atomic E-state index is 0.0667. The maximum atomic E-state index is 12.8. The zero-order valence-corrected chi connectivity index (χ0v) is 20.9. The third-order valence-electron chi connectivity index (χ3n) is 5.06. The number of amides is 3. The molecule has 2 aromatic rings. The number of aliphatic carboxylic acids is 1. The number of halogens is 3. The SMILES string of the molecule is CC(=O)N(C(=O)[C@@H]1CSCN1)[C@@H](Cc1ccc(NC(=O)c2c(Cl)cc(Cl)cc2Cl)cc1)C(=O)O. The fourth-order valence-corrected chi connectivity index (χ4v) is 5.36. The molecular formula is C22H20Cl3N3O5S. The lowest BCUT2D eigenvalue weighted by molar-refractivity contribution is -0.157. The van der Waals surface area contributed by atoms with Crippen LogP contribution in [0, 0.1) is 0 Å². The van der Waals surface area contributed by atoms with Crippen LogP contribution in [0.4, 0.5) is 5.69 Å². The molecule has 3 N–H and O–H groups in total. The number of nitrogens with zero attached hydrogens (tertiary/aromatic N) is 1. The Morgan fingerprint density at radius 1 is 1.15 bits per heavy atom. The number of imide groups is 1. The number of hydrogen-bond acceptors (Lipinski definition) is 6. The molecule has 0 bridgehead atoms. The number of nitrogens with one attached hydrogen (secondary N) is 2. The average Bonchev–Trinajstić information content (AvgIpc) is 3.28. The summed E-state index contributed by atoms with van der Waals surface area (Å²) in [6.45, 7) is 1.17. The molecule has 3 amide bonds. The van der Waals surface area contributed by atoms with Crippen molar-refractivity contribution in [1.82, 2.24) is 10.2 Å². The average molecular weight is 545 g/mol. The van der Waals surface area contributed by atoms with Crippen molar-refractivity contribution >= 4 is 75.9 Å². The first-order chi connectivity index (χ1) is 16.1. The standard InChI is InChI=1S/C22H20Cl3N3O5S/c1-11(29)28(21(31)17-9-34-10-26-17)18(22(32)33)6-12-2-4-14(5-3-12)27-20(30)19-15(24)7-13(23)8-16(19)25/h2-5,7-8,17-18,26H,6,9-10H2,1H3,(H,27,30)(H,32,33)/t17-,18-/m0/s1. The van der Waals surface area contributed by atoms with E-state index in [2.05, 4.69) is 10.6 Å².